The molecule has 1 atom stereocenters. The minimum Gasteiger partial charge on any atom is -0.504 e. The average Bonchev–Trinajstić information content (AvgIpc) is 3.57. The fourth-order valence-corrected chi connectivity index (χ4v) is 4.81. The zero-order valence-electron chi connectivity index (χ0n) is 21.7. The van der Waals surface area contributed by atoms with Gasteiger partial charge in [0.25, 0.3) is 0 Å². The molecule has 10 N–H and O–H groups in total. The van der Waals surface area contributed by atoms with Crippen molar-refractivity contribution in [2.75, 3.05) is 23.9 Å². The third kappa shape index (κ3) is 12.9. The lowest BCUT2D eigenvalue weighted by Gasteiger charge is -2.10. The van der Waals surface area contributed by atoms with Crippen molar-refractivity contribution in [3.8, 4) is 28.7 Å². The number of benzene rings is 2. The summed E-state index contributed by atoms with van der Waals surface area (Å²) >= 11 is 7.56. The molecule has 43 heavy (non-hydrogen) atoms. The molecule has 2 fully saturated rings. The Bertz CT molecular complexity index is 1330. The summed E-state index contributed by atoms with van der Waals surface area (Å²) in [4.78, 5) is 52.8. The van der Waals surface area contributed by atoms with Gasteiger partial charge in [0.05, 0.1) is 17.7 Å². The van der Waals surface area contributed by atoms with Crippen molar-refractivity contribution < 1.29 is 69.9 Å². The van der Waals surface area contributed by atoms with Crippen LogP contribution >= 0.6 is 35.7 Å². The molecule has 2 heterocycles. The van der Waals surface area contributed by atoms with Crippen LogP contribution in [0.15, 0.2) is 30.3 Å². The van der Waals surface area contributed by atoms with Crippen molar-refractivity contribution in [1.29, 1.82) is 0 Å². The monoisotopic (exact) mass is 662 g/mol. The van der Waals surface area contributed by atoms with Crippen LogP contribution in [-0.4, -0.2) is 115 Å². The first-order valence-electron chi connectivity index (χ1n) is 11.5. The number of aliphatic carboxylic acids is 3. The maximum Gasteiger partial charge on any atom is 0.335 e. The largest absolute Gasteiger partial charge is 0.504 e. The summed E-state index contributed by atoms with van der Waals surface area (Å²) in [6.07, 6.45) is -0.159. The van der Waals surface area contributed by atoms with Crippen LogP contribution in [0.5, 0.6) is 28.7 Å². The summed E-state index contributed by atoms with van der Waals surface area (Å²) in [5.74, 6) is -5.10. The standard InChI is InChI=1S/C8H8O4.C7H6O5.C5H5NO3S2.C4H7NO2S/c9-6-2-1-5(3-7(6)10)4-8(11)12;8-4-1-3(7(11)12)2-5(9)6(4)10;7-3-2-11-5(10)6(3)1-4(8)9;6-4(7)3-1-8-2-5-3/h1-3,9-10H,4H2,(H,11,12);1-2,8-10H,(H,11,12);1-2H2,(H,8,9);3,5H,1-2H2,(H,6,7). The SMILES string of the molecule is O=C(O)C1CSCN1.O=C(O)CN1C(=O)CSC1=S.O=C(O)Cc1ccc(O)c(O)c1.O=C(O)c1cc(O)c(O)c(O)c1. The Balaban J connectivity index is 0.000000290. The minimum atomic E-state index is -1.29. The van der Waals surface area contributed by atoms with Crippen LogP contribution in [0.25, 0.3) is 0 Å². The van der Waals surface area contributed by atoms with Gasteiger partial charge in [0.2, 0.25) is 5.91 Å². The predicted molar refractivity (Wildman–Crippen MR) is 156 cm³/mol. The van der Waals surface area contributed by atoms with Crippen molar-refractivity contribution in [3.05, 3.63) is 41.5 Å². The molecule has 1 amide bonds. The number of phenols is 5. The first-order chi connectivity index (χ1) is 20.0. The Labute approximate surface area is 256 Å². The maximum absolute atomic E-state index is 10.9. The number of hydrogen-bond donors (Lipinski definition) is 10. The van der Waals surface area contributed by atoms with E-state index in [-0.39, 0.29) is 47.7 Å². The molecule has 1 unspecified atom stereocenters. The van der Waals surface area contributed by atoms with E-state index in [0.717, 1.165) is 22.9 Å². The van der Waals surface area contributed by atoms with Crippen LogP contribution in [-0.2, 0) is 25.6 Å². The van der Waals surface area contributed by atoms with E-state index in [1.165, 1.54) is 30.0 Å². The van der Waals surface area contributed by atoms with Crippen LogP contribution in [0.3, 0.4) is 0 Å². The van der Waals surface area contributed by atoms with Crippen LogP contribution in [0.1, 0.15) is 15.9 Å². The van der Waals surface area contributed by atoms with Crippen molar-refractivity contribution in [1.82, 2.24) is 10.2 Å². The number of thioether (sulfide) groups is 2. The number of rotatable bonds is 6. The van der Waals surface area contributed by atoms with E-state index in [1.54, 1.807) is 11.8 Å². The number of aromatic hydroxyl groups is 5. The highest BCUT2D eigenvalue weighted by molar-refractivity contribution is 8.23. The van der Waals surface area contributed by atoms with Gasteiger partial charge in [-0.3, -0.25) is 29.4 Å². The molecule has 0 saturated carbocycles. The molecule has 0 aliphatic carbocycles. The molecular formula is C24H26N2O14S3. The summed E-state index contributed by atoms with van der Waals surface area (Å²) < 4.78 is 0.359. The highest BCUT2D eigenvalue weighted by Crippen LogP contribution is 2.35. The molecule has 2 aromatic rings. The van der Waals surface area contributed by atoms with E-state index in [9.17, 15) is 24.0 Å². The quantitative estimate of drug-likeness (QED) is 0.152. The van der Waals surface area contributed by atoms with Crippen LogP contribution in [0, 0.1) is 0 Å². The minimum absolute atomic E-state index is 0.159. The van der Waals surface area contributed by atoms with Gasteiger partial charge in [0.15, 0.2) is 28.7 Å². The molecule has 19 heteroatoms. The lowest BCUT2D eigenvalue weighted by Crippen LogP contribution is -2.33. The van der Waals surface area contributed by atoms with Crippen molar-refractivity contribution in [2.45, 2.75) is 12.5 Å². The summed E-state index contributed by atoms with van der Waals surface area (Å²) in [5, 5.41) is 80.7. The second kappa shape index (κ2) is 17.5. The molecule has 2 aromatic carbocycles. The van der Waals surface area contributed by atoms with E-state index in [0.29, 0.717) is 15.6 Å². The topological polar surface area (TPSA) is 283 Å². The van der Waals surface area contributed by atoms with Crippen molar-refractivity contribution in [2.24, 2.45) is 0 Å². The first-order valence-corrected chi connectivity index (χ1v) is 14.0. The molecule has 2 aliphatic rings. The van der Waals surface area contributed by atoms with Gasteiger partial charge in [-0.15, -0.1) is 11.8 Å². The zero-order valence-corrected chi connectivity index (χ0v) is 24.2. The van der Waals surface area contributed by atoms with E-state index in [2.05, 4.69) is 5.32 Å². The van der Waals surface area contributed by atoms with Crippen molar-refractivity contribution >= 4 is 69.8 Å². The van der Waals surface area contributed by atoms with Crippen LogP contribution < -0.4 is 5.32 Å². The number of aromatic carboxylic acids is 1. The molecule has 2 aliphatic heterocycles. The Morgan fingerprint density at radius 1 is 0.884 bits per heavy atom. The lowest BCUT2D eigenvalue weighted by molar-refractivity contribution is -0.140. The number of carbonyl (C=O) groups is 5. The number of carboxylic acid groups (broad SMARTS) is 4. The second-order valence-corrected chi connectivity index (χ2v) is 10.7. The number of phenolic OH excluding ortho intramolecular Hbond substituents is 5. The summed E-state index contributed by atoms with van der Waals surface area (Å²) in [6.45, 7) is -0.315. The molecule has 234 valence electrons. The Morgan fingerprint density at radius 2 is 1.49 bits per heavy atom. The number of nitrogens with zero attached hydrogens (tertiary/aromatic N) is 1. The Hall–Kier alpha value is -4.46. The fraction of sp³-hybridized carbons (Fsp3) is 0.250. The molecule has 16 nitrogen and oxygen atoms in total. The number of carbonyl (C=O) groups excluding carboxylic acids is 1. The van der Waals surface area contributed by atoms with Gasteiger partial charge in [-0.25, -0.2) is 4.79 Å². The Morgan fingerprint density at radius 3 is 1.86 bits per heavy atom. The second-order valence-electron chi connectivity index (χ2n) is 8.10. The smallest absolute Gasteiger partial charge is 0.335 e. The number of thiocarbonyl (C=S) groups is 1. The normalized spacial score (nSPS) is 15.2. The summed E-state index contributed by atoms with van der Waals surface area (Å²) in [7, 11) is 0. The van der Waals surface area contributed by atoms with Crippen molar-refractivity contribution in [3.63, 3.8) is 0 Å². The van der Waals surface area contributed by atoms with Gasteiger partial charge in [0, 0.05) is 11.6 Å². The number of amides is 1. The van der Waals surface area contributed by atoms with E-state index >= 15 is 0 Å². The summed E-state index contributed by atoms with van der Waals surface area (Å²) in [5.41, 5.74) is 0.167. The van der Waals surface area contributed by atoms with Gasteiger partial charge >= 0.3 is 23.9 Å². The van der Waals surface area contributed by atoms with Gasteiger partial charge in [-0.1, -0.05) is 30.0 Å². The molecular weight excluding hydrogens is 636 g/mol. The third-order valence-electron chi connectivity index (χ3n) is 4.86. The highest BCUT2D eigenvalue weighted by atomic mass is 32.2. The molecule has 0 spiro atoms. The molecule has 4 rings (SSSR count). The lowest BCUT2D eigenvalue weighted by atomic mass is 10.1. The molecule has 2 saturated heterocycles. The zero-order chi connectivity index (χ0) is 32.9. The van der Waals surface area contributed by atoms with Gasteiger partial charge < -0.3 is 46.0 Å². The highest BCUT2D eigenvalue weighted by Gasteiger charge is 2.28. The van der Waals surface area contributed by atoms with Gasteiger partial charge in [-0.2, -0.15) is 0 Å². The number of carboxylic acids is 4. The van der Waals surface area contributed by atoms with Crippen LogP contribution in [0.4, 0.5) is 0 Å². The number of hydrogen-bond acceptors (Lipinski definition) is 14. The predicted octanol–water partition coefficient (Wildman–Crippen LogP) is 0.891. The number of nitrogens with one attached hydrogen (secondary N) is 1. The first kappa shape index (κ1) is 36.6. The third-order valence-corrected chi connectivity index (χ3v) is 7.23. The Kier molecular flexibility index (Phi) is 14.9. The van der Waals surface area contributed by atoms with E-state index in [4.69, 9.17) is 58.2 Å². The fourth-order valence-electron chi connectivity index (χ4n) is 2.80. The van der Waals surface area contributed by atoms with E-state index < -0.39 is 41.1 Å². The average molecular weight is 663 g/mol. The molecule has 0 bridgehead atoms. The summed E-state index contributed by atoms with van der Waals surface area (Å²) in [6, 6.07) is 5.31. The van der Waals surface area contributed by atoms with Gasteiger partial charge in [0.1, 0.15) is 16.9 Å². The van der Waals surface area contributed by atoms with E-state index in [1.807, 2.05) is 0 Å². The van der Waals surface area contributed by atoms with Crippen LogP contribution in [0.2, 0.25) is 0 Å². The molecule has 0 radical (unpaired) electrons. The van der Waals surface area contributed by atoms with Gasteiger partial charge in [-0.05, 0) is 29.8 Å². The molecule has 0 aromatic heterocycles. The maximum atomic E-state index is 10.9.